The molecule has 1 fully saturated rings. The van der Waals surface area contributed by atoms with Crippen LogP contribution in [0.2, 0.25) is 0 Å². The molecule has 2 rings (SSSR count). The molecule has 0 spiro atoms. The van der Waals surface area contributed by atoms with E-state index in [4.69, 9.17) is 11.5 Å². The first-order valence-electron chi connectivity index (χ1n) is 6.06. The summed E-state index contributed by atoms with van der Waals surface area (Å²) in [5.74, 6) is 0.591. The molecule has 6 heteroatoms. The van der Waals surface area contributed by atoms with E-state index in [1.807, 2.05) is 0 Å². The molecular weight excluding hydrogens is 250 g/mol. The summed E-state index contributed by atoms with van der Waals surface area (Å²) in [5.41, 5.74) is 12.0. The van der Waals surface area contributed by atoms with E-state index in [0.29, 0.717) is 30.4 Å². The molecule has 1 saturated heterocycles. The Bertz CT molecular complexity index is 534. The van der Waals surface area contributed by atoms with Crippen molar-refractivity contribution in [2.75, 3.05) is 24.6 Å². The van der Waals surface area contributed by atoms with Gasteiger partial charge in [-0.2, -0.15) is 4.31 Å². The minimum absolute atomic E-state index is 0.226. The van der Waals surface area contributed by atoms with Crippen molar-refractivity contribution in [1.82, 2.24) is 4.31 Å². The Balaban J connectivity index is 2.27. The first-order valence-corrected chi connectivity index (χ1v) is 7.50. The Morgan fingerprint density at radius 1 is 1.17 bits per heavy atom. The van der Waals surface area contributed by atoms with Gasteiger partial charge in [0.1, 0.15) is 0 Å². The molecule has 100 valence electrons. The van der Waals surface area contributed by atoms with Gasteiger partial charge in [0.15, 0.2) is 0 Å². The molecule has 0 saturated carbocycles. The average molecular weight is 269 g/mol. The van der Waals surface area contributed by atoms with Gasteiger partial charge in [0.05, 0.1) is 16.3 Å². The Kier molecular flexibility index (Phi) is 3.49. The summed E-state index contributed by atoms with van der Waals surface area (Å²) in [4.78, 5) is 0.226. The molecule has 1 aliphatic heterocycles. The van der Waals surface area contributed by atoms with Crippen LogP contribution in [0.1, 0.15) is 19.8 Å². The quantitative estimate of drug-likeness (QED) is 0.791. The second kappa shape index (κ2) is 4.78. The van der Waals surface area contributed by atoms with Crippen molar-refractivity contribution in [2.45, 2.75) is 24.7 Å². The second-order valence-electron chi connectivity index (χ2n) is 4.88. The van der Waals surface area contributed by atoms with Crippen molar-refractivity contribution in [3.05, 3.63) is 18.2 Å². The Morgan fingerprint density at radius 2 is 1.78 bits per heavy atom. The number of nitrogens with zero attached hydrogens (tertiary/aromatic N) is 1. The third-order valence-corrected chi connectivity index (χ3v) is 5.33. The maximum atomic E-state index is 12.4. The van der Waals surface area contributed by atoms with E-state index in [2.05, 4.69) is 6.92 Å². The first-order chi connectivity index (χ1) is 8.41. The molecule has 0 bridgehead atoms. The number of piperidine rings is 1. The van der Waals surface area contributed by atoms with Crippen LogP contribution in [0.15, 0.2) is 23.1 Å². The standard InChI is InChI=1S/C12H19N3O2S/c1-9-4-6-15(7-5-9)18(16,17)10-2-3-11(13)12(14)8-10/h2-3,8-9H,4-7,13-14H2,1H3. The molecule has 1 aromatic carbocycles. The predicted octanol–water partition coefficient (Wildman–Crippen LogP) is 1.27. The van der Waals surface area contributed by atoms with E-state index < -0.39 is 10.0 Å². The highest BCUT2D eigenvalue weighted by molar-refractivity contribution is 7.89. The minimum atomic E-state index is -3.43. The van der Waals surface area contributed by atoms with Gasteiger partial charge in [0.2, 0.25) is 10.0 Å². The average Bonchev–Trinajstić information content (AvgIpc) is 2.33. The number of anilines is 2. The number of rotatable bonds is 2. The third kappa shape index (κ3) is 2.44. The van der Waals surface area contributed by atoms with E-state index in [0.717, 1.165) is 12.8 Å². The molecule has 4 N–H and O–H groups in total. The van der Waals surface area contributed by atoms with Gasteiger partial charge in [-0.3, -0.25) is 0 Å². The summed E-state index contributed by atoms with van der Waals surface area (Å²) in [5, 5.41) is 0. The van der Waals surface area contributed by atoms with Gasteiger partial charge in [0, 0.05) is 13.1 Å². The second-order valence-corrected chi connectivity index (χ2v) is 6.82. The molecule has 0 atom stereocenters. The van der Waals surface area contributed by atoms with Crippen LogP contribution in [0.4, 0.5) is 11.4 Å². The number of nitrogen functional groups attached to an aromatic ring is 2. The number of benzene rings is 1. The van der Waals surface area contributed by atoms with Gasteiger partial charge >= 0.3 is 0 Å². The van der Waals surface area contributed by atoms with Crippen molar-refractivity contribution in [2.24, 2.45) is 5.92 Å². The van der Waals surface area contributed by atoms with E-state index in [9.17, 15) is 8.42 Å². The molecule has 0 aliphatic carbocycles. The number of hydrogen-bond acceptors (Lipinski definition) is 4. The number of hydrogen-bond donors (Lipinski definition) is 2. The zero-order chi connectivity index (χ0) is 13.3. The van der Waals surface area contributed by atoms with Crippen LogP contribution in [0.25, 0.3) is 0 Å². The van der Waals surface area contributed by atoms with E-state index in [1.54, 1.807) is 0 Å². The number of sulfonamides is 1. The molecule has 18 heavy (non-hydrogen) atoms. The summed E-state index contributed by atoms with van der Waals surface area (Å²) in [7, 11) is -3.43. The molecule has 1 aliphatic rings. The summed E-state index contributed by atoms with van der Waals surface area (Å²) >= 11 is 0. The van der Waals surface area contributed by atoms with Crippen molar-refractivity contribution in [3.8, 4) is 0 Å². The van der Waals surface area contributed by atoms with Crippen LogP contribution in [0, 0.1) is 5.92 Å². The largest absolute Gasteiger partial charge is 0.397 e. The molecule has 1 heterocycles. The number of nitrogens with two attached hydrogens (primary N) is 2. The molecule has 1 aromatic rings. The van der Waals surface area contributed by atoms with Crippen molar-refractivity contribution < 1.29 is 8.42 Å². The van der Waals surface area contributed by atoms with Crippen LogP contribution in [0.5, 0.6) is 0 Å². The van der Waals surface area contributed by atoms with Crippen LogP contribution in [0.3, 0.4) is 0 Å². The lowest BCUT2D eigenvalue weighted by molar-refractivity contribution is 0.288. The summed E-state index contributed by atoms with van der Waals surface area (Å²) < 4.78 is 26.3. The van der Waals surface area contributed by atoms with Crippen LogP contribution < -0.4 is 11.5 Å². The van der Waals surface area contributed by atoms with Crippen molar-refractivity contribution >= 4 is 21.4 Å². The topological polar surface area (TPSA) is 89.4 Å². The van der Waals surface area contributed by atoms with Gasteiger partial charge in [-0.25, -0.2) is 8.42 Å². The molecular formula is C12H19N3O2S. The first kappa shape index (κ1) is 13.2. The highest BCUT2D eigenvalue weighted by Crippen LogP contribution is 2.26. The van der Waals surface area contributed by atoms with Gasteiger partial charge < -0.3 is 11.5 Å². The Morgan fingerprint density at radius 3 is 2.33 bits per heavy atom. The third-order valence-electron chi connectivity index (χ3n) is 3.44. The lowest BCUT2D eigenvalue weighted by atomic mass is 10.0. The maximum absolute atomic E-state index is 12.4. The van der Waals surface area contributed by atoms with Crippen molar-refractivity contribution in [3.63, 3.8) is 0 Å². The Hall–Kier alpha value is -1.27. The molecule has 0 unspecified atom stereocenters. The lowest BCUT2D eigenvalue weighted by Crippen LogP contribution is -2.37. The fraction of sp³-hybridized carbons (Fsp3) is 0.500. The highest BCUT2D eigenvalue weighted by Gasteiger charge is 2.28. The molecule has 0 amide bonds. The summed E-state index contributed by atoms with van der Waals surface area (Å²) in [6.45, 7) is 3.30. The summed E-state index contributed by atoms with van der Waals surface area (Å²) in [6, 6.07) is 4.48. The minimum Gasteiger partial charge on any atom is -0.397 e. The maximum Gasteiger partial charge on any atom is 0.243 e. The van der Waals surface area contributed by atoms with Gasteiger partial charge in [-0.05, 0) is 37.0 Å². The van der Waals surface area contributed by atoms with Crippen LogP contribution in [-0.4, -0.2) is 25.8 Å². The van der Waals surface area contributed by atoms with Crippen molar-refractivity contribution in [1.29, 1.82) is 0 Å². The molecule has 0 aromatic heterocycles. The Labute approximate surface area is 108 Å². The van der Waals surface area contributed by atoms with E-state index >= 15 is 0 Å². The van der Waals surface area contributed by atoms with E-state index in [-0.39, 0.29) is 4.90 Å². The zero-order valence-electron chi connectivity index (χ0n) is 10.5. The smallest absolute Gasteiger partial charge is 0.243 e. The zero-order valence-corrected chi connectivity index (χ0v) is 11.3. The highest BCUT2D eigenvalue weighted by atomic mass is 32.2. The lowest BCUT2D eigenvalue weighted by Gasteiger charge is -2.29. The normalized spacial score (nSPS) is 18.9. The van der Waals surface area contributed by atoms with Gasteiger partial charge in [-0.1, -0.05) is 6.92 Å². The molecule has 0 radical (unpaired) electrons. The fourth-order valence-corrected chi connectivity index (χ4v) is 3.59. The van der Waals surface area contributed by atoms with Crippen LogP contribution in [-0.2, 0) is 10.0 Å². The predicted molar refractivity (Wildman–Crippen MR) is 72.4 cm³/mol. The van der Waals surface area contributed by atoms with E-state index in [1.165, 1.54) is 22.5 Å². The SMILES string of the molecule is CC1CCN(S(=O)(=O)c2ccc(N)c(N)c2)CC1. The van der Waals surface area contributed by atoms with Gasteiger partial charge in [0.25, 0.3) is 0 Å². The van der Waals surface area contributed by atoms with Crippen LogP contribution >= 0.6 is 0 Å². The fourth-order valence-electron chi connectivity index (χ4n) is 2.09. The monoisotopic (exact) mass is 269 g/mol. The molecule has 5 nitrogen and oxygen atoms in total. The van der Waals surface area contributed by atoms with Gasteiger partial charge in [-0.15, -0.1) is 0 Å². The summed E-state index contributed by atoms with van der Waals surface area (Å²) in [6.07, 6.45) is 1.81.